The van der Waals surface area contributed by atoms with Crippen LogP contribution in [0.25, 0.3) is 0 Å². The highest BCUT2D eigenvalue weighted by Gasteiger charge is 2.30. The number of hydrogen-bond donors (Lipinski definition) is 1. The summed E-state index contributed by atoms with van der Waals surface area (Å²) in [5, 5.41) is 10.4. The number of piperidine rings is 1. The third-order valence-corrected chi connectivity index (χ3v) is 6.21. The molecule has 1 fully saturated rings. The van der Waals surface area contributed by atoms with E-state index in [1.54, 1.807) is 20.3 Å². The number of rotatable bonds is 7. The molecule has 0 aromatic heterocycles. The Balaban J connectivity index is 1.51. The molecule has 1 aliphatic heterocycles. The second-order valence-electron chi connectivity index (χ2n) is 8.21. The van der Waals surface area contributed by atoms with Crippen LogP contribution in [0.3, 0.4) is 0 Å². The number of methoxy groups -OCH3 is 2. The van der Waals surface area contributed by atoms with Crippen LogP contribution in [0.1, 0.15) is 28.8 Å². The van der Waals surface area contributed by atoms with Gasteiger partial charge in [0.15, 0.2) is 11.5 Å². The summed E-state index contributed by atoms with van der Waals surface area (Å²) in [5.41, 5.74) is 2.39. The van der Waals surface area contributed by atoms with Crippen LogP contribution in [0.5, 0.6) is 17.2 Å². The van der Waals surface area contributed by atoms with Gasteiger partial charge in [-0.3, -0.25) is 9.69 Å². The van der Waals surface area contributed by atoms with Gasteiger partial charge in [-0.15, -0.1) is 0 Å². The zero-order valence-electron chi connectivity index (χ0n) is 19.1. The Kier molecular flexibility index (Phi) is 7.15. The smallest absolute Gasteiger partial charge is 0.258 e. The van der Waals surface area contributed by atoms with Crippen molar-refractivity contribution in [1.82, 2.24) is 4.90 Å². The molecule has 1 amide bonds. The highest BCUT2D eigenvalue weighted by molar-refractivity contribution is 6.06. The third kappa shape index (κ3) is 5.12. The second kappa shape index (κ2) is 10.4. The van der Waals surface area contributed by atoms with Crippen molar-refractivity contribution in [2.45, 2.75) is 25.4 Å². The monoisotopic (exact) mass is 446 g/mol. The third-order valence-electron chi connectivity index (χ3n) is 6.21. The summed E-state index contributed by atoms with van der Waals surface area (Å²) in [6.45, 7) is 2.30. The van der Waals surface area contributed by atoms with Crippen molar-refractivity contribution < 1.29 is 19.4 Å². The average Bonchev–Trinajstić information content (AvgIpc) is 2.87. The van der Waals surface area contributed by atoms with Gasteiger partial charge in [0.2, 0.25) is 0 Å². The van der Waals surface area contributed by atoms with E-state index in [0.717, 1.165) is 42.9 Å². The van der Waals surface area contributed by atoms with Crippen LogP contribution in [-0.4, -0.2) is 49.3 Å². The molecule has 4 rings (SSSR count). The van der Waals surface area contributed by atoms with Crippen molar-refractivity contribution >= 4 is 11.6 Å². The molecule has 3 aromatic rings. The Morgan fingerprint density at radius 3 is 2.27 bits per heavy atom. The number of benzene rings is 3. The summed E-state index contributed by atoms with van der Waals surface area (Å²) in [6.07, 6.45) is 1.69. The van der Waals surface area contributed by atoms with Gasteiger partial charge in [0.1, 0.15) is 5.75 Å². The number of carbonyl (C=O) groups excluding carboxylic acids is 1. The summed E-state index contributed by atoms with van der Waals surface area (Å²) in [4.78, 5) is 17.8. The first-order valence-corrected chi connectivity index (χ1v) is 11.2. The molecule has 1 saturated heterocycles. The van der Waals surface area contributed by atoms with Crippen LogP contribution in [0, 0.1) is 0 Å². The fraction of sp³-hybridized carbons (Fsp3) is 0.296. The standard InChI is InChI=1S/C27H30N2O4/c1-32-24-13-11-22(12-14-24)29(27(31)20-7-4-3-5-8-20)23-15-17-28(18-16-23)19-21-9-6-10-25(33-2)26(21)30/h3-14,23,30H,15-19H2,1-2H3. The lowest BCUT2D eigenvalue weighted by Gasteiger charge is -2.38. The fourth-order valence-electron chi connectivity index (χ4n) is 4.39. The minimum atomic E-state index is 0.00431. The van der Waals surface area contributed by atoms with Crippen LogP contribution in [0.4, 0.5) is 5.69 Å². The lowest BCUT2D eigenvalue weighted by atomic mass is 10.00. The number of hydrogen-bond acceptors (Lipinski definition) is 5. The Bertz CT molecular complexity index is 1060. The predicted molar refractivity (Wildman–Crippen MR) is 129 cm³/mol. The van der Waals surface area contributed by atoms with E-state index in [9.17, 15) is 9.90 Å². The molecule has 3 aromatic carbocycles. The lowest BCUT2D eigenvalue weighted by molar-refractivity contribution is 0.0958. The molecule has 6 nitrogen and oxygen atoms in total. The molecule has 1 heterocycles. The van der Waals surface area contributed by atoms with Gasteiger partial charge in [0.25, 0.3) is 5.91 Å². The van der Waals surface area contributed by atoms with E-state index in [4.69, 9.17) is 9.47 Å². The number of aromatic hydroxyl groups is 1. The van der Waals surface area contributed by atoms with Gasteiger partial charge in [-0.2, -0.15) is 0 Å². The average molecular weight is 447 g/mol. The number of amides is 1. The van der Waals surface area contributed by atoms with Crippen LogP contribution >= 0.6 is 0 Å². The molecule has 33 heavy (non-hydrogen) atoms. The summed E-state index contributed by atoms with van der Waals surface area (Å²) >= 11 is 0. The van der Waals surface area contributed by atoms with Crippen molar-refractivity contribution in [3.63, 3.8) is 0 Å². The fourth-order valence-corrected chi connectivity index (χ4v) is 4.39. The number of ether oxygens (including phenoxy) is 2. The van der Waals surface area contributed by atoms with E-state index < -0.39 is 0 Å². The van der Waals surface area contributed by atoms with E-state index in [0.29, 0.717) is 17.9 Å². The van der Waals surface area contributed by atoms with Crippen molar-refractivity contribution in [2.75, 3.05) is 32.2 Å². The topological polar surface area (TPSA) is 62.2 Å². The molecule has 0 saturated carbocycles. The number of likely N-dealkylation sites (tertiary alicyclic amines) is 1. The van der Waals surface area contributed by atoms with Gasteiger partial charge in [0.05, 0.1) is 14.2 Å². The van der Waals surface area contributed by atoms with Crippen molar-refractivity contribution in [1.29, 1.82) is 0 Å². The van der Waals surface area contributed by atoms with Gasteiger partial charge >= 0.3 is 0 Å². The largest absolute Gasteiger partial charge is 0.504 e. The molecule has 0 spiro atoms. The number of anilines is 1. The Morgan fingerprint density at radius 2 is 1.64 bits per heavy atom. The molecular weight excluding hydrogens is 416 g/mol. The number of carbonyl (C=O) groups is 1. The molecular formula is C27H30N2O4. The number of phenols is 1. The molecule has 0 radical (unpaired) electrons. The Hall–Kier alpha value is -3.51. The lowest BCUT2D eigenvalue weighted by Crippen LogP contribution is -2.47. The van der Waals surface area contributed by atoms with Crippen molar-refractivity contribution in [3.05, 3.63) is 83.9 Å². The molecule has 1 N–H and O–H groups in total. The molecule has 0 bridgehead atoms. The van der Waals surface area contributed by atoms with Crippen molar-refractivity contribution in [3.8, 4) is 17.2 Å². The number of para-hydroxylation sites is 1. The Labute approximate surface area is 195 Å². The predicted octanol–water partition coefficient (Wildman–Crippen LogP) is 4.72. The van der Waals surface area contributed by atoms with E-state index >= 15 is 0 Å². The Morgan fingerprint density at radius 1 is 0.939 bits per heavy atom. The van der Waals surface area contributed by atoms with Crippen LogP contribution in [0.2, 0.25) is 0 Å². The highest BCUT2D eigenvalue weighted by Crippen LogP contribution is 2.32. The minimum absolute atomic E-state index is 0.00431. The van der Waals surface area contributed by atoms with E-state index in [1.807, 2.05) is 71.6 Å². The highest BCUT2D eigenvalue weighted by atomic mass is 16.5. The first-order valence-electron chi connectivity index (χ1n) is 11.2. The SMILES string of the molecule is COc1ccc(N(C(=O)c2ccccc2)C2CCN(Cc3cccc(OC)c3O)CC2)cc1. The first-order chi connectivity index (χ1) is 16.1. The van der Waals surface area contributed by atoms with Gasteiger partial charge in [0, 0.05) is 42.5 Å². The first kappa shape index (κ1) is 22.7. The summed E-state index contributed by atoms with van der Waals surface area (Å²) < 4.78 is 10.5. The molecule has 0 unspecified atom stereocenters. The molecule has 172 valence electrons. The number of phenolic OH excluding ortho intramolecular Hbond substituents is 1. The van der Waals surface area contributed by atoms with Crippen molar-refractivity contribution in [2.24, 2.45) is 0 Å². The normalized spacial score (nSPS) is 14.6. The zero-order chi connectivity index (χ0) is 23.2. The van der Waals surface area contributed by atoms with Gasteiger partial charge < -0.3 is 19.5 Å². The maximum atomic E-state index is 13.5. The molecule has 6 heteroatoms. The molecule has 1 aliphatic rings. The maximum absolute atomic E-state index is 13.5. The van der Waals surface area contributed by atoms with Gasteiger partial charge in [-0.25, -0.2) is 0 Å². The summed E-state index contributed by atoms with van der Waals surface area (Å²) in [7, 11) is 3.19. The molecule has 0 aliphatic carbocycles. The zero-order valence-corrected chi connectivity index (χ0v) is 19.1. The van der Waals surface area contributed by atoms with Gasteiger partial charge in [-0.05, 0) is 55.3 Å². The van der Waals surface area contributed by atoms with E-state index in [2.05, 4.69) is 4.90 Å². The summed E-state index contributed by atoms with van der Waals surface area (Å²) in [6, 6.07) is 22.7. The quantitative estimate of drug-likeness (QED) is 0.569. The minimum Gasteiger partial charge on any atom is -0.504 e. The number of nitrogens with zero attached hydrogens (tertiary/aromatic N) is 2. The maximum Gasteiger partial charge on any atom is 0.258 e. The van der Waals surface area contributed by atoms with Gasteiger partial charge in [-0.1, -0.05) is 30.3 Å². The summed E-state index contributed by atoms with van der Waals surface area (Å²) in [5.74, 6) is 1.45. The van der Waals surface area contributed by atoms with E-state index in [1.165, 1.54) is 0 Å². The molecule has 0 atom stereocenters. The van der Waals surface area contributed by atoms with E-state index in [-0.39, 0.29) is 17.7 Å². The van der Waals surface area contributed by atoms with Crippen LogP contribution in [0.15, 0.2) is 72.8 Å². The van der Waals surface area contributed by atoms with Crippen LogP contribution in [-0.2, 0) is 6.54 Å². The second-order valence-corrected chi connectivity index (χ2v) is 8.21. The van der Waals surface area contributed by atoms with Crippen LogP contribution < -0.4 is 14.4 Å².